The van der Waals surface area contributed by atoms with Gasteiger partial charge >= 0.3 is 6.18 Å². The number of aryl methyl sites for hydroxylation is 1. The van der Waals surface area contributed by atoms with Gasteiger partial charge in [-0.15, -0.1) is 6.58 Å². The van der Waals surface area contributed by atoms with E-state index in [1.807, 2.05) is 0 Å². The van der Waals surface area contributed by atoms with Crippen LogP contribution in [0.1, 0.15) is 159 Å². The number of benzene rings is 2. The number of nitrogens with zero attached hydrogens (tertiary/aromatic N) is 8. The smallest absolute Gasteiger partial charge is 0.377 e. The lowest BCUT2D eigenvalue weighted by Gasteiger charge is -2.46. The molecule has 7 rings (SSSR count). The SMILES string of the molecule is C=CCCCC[C@H]1C(=O)N[C@@H]([C@@H](C)CC)C(=O)N(C)CC(=O)N(C)[C@H]2C/C=C\CCN(C2=O)[C@@H](Cc2ccc(C=C)cc2)C(=O)N(C)CC(=O)N[C@@H](CCc2cc(F)c(C(F)(F)F)c(F)c2)C(=O)N2C[C@H](OCC)C[C@H]2C(=O)NC2(CCC2)C(=O)N(C)[C@@H](C2CCCC2)C(=O)N[C@H](C(=O)N(C)CC)CC(=O)N1C. The van der Waals surface area contributed by atoms with Crippen molar-refractivity contribution in [1.29, 1.82) is 0 Å². The Hall–Kier alpha value is -9.09. The van der Waals surface area contributed by atoms with Gasteiger partial charge in [0.15, 0.2) is 0 Å². The molecule has 4 fully saturated rings. The number of alkyl halides is 3. The molecule has 25 nitrogen and oxygen atoms in total. The average molecular weight is 1520 g/mol. The lowest BCUT2D eigenvalue weighted by molar-refractivity contribution is -0.153. The predicted octanol–water partition coefficient (Wildman–Crippen LogP) is 6.11. The lowest BCUT2D eigenvalue weighted by atomic mass is 9.74. The van der Waals surface area contributed by atoms with Gasteiger partial charge < -0.3 is 65.2 Å². The number of fused-ring (bicyclic) bond motifs is 3. The number of likely N-dealkylation sites (N-methyl/N-ethyl adjacent to an activating group) is 6. The van der Waals surface area contributed by atoms with Crippen molar-refractivity contribution in [2.75, 3.05) is 81.6 Å². The second-order valence-electron chi connectivity index (χ2n) is 29.4. The molecule has 0 aromatic heterocycles. The fourth-order valence-corrected chi connectivity index (χ4v) is 15.1. The third-order valence-electron chi connectivity index (χ3n) is 22.0. The van der Waals surface area contributed by atoms with Gasteiger partial charge in [0.1, 0.15) is 71.1 Å². The number of nitrogens with one attached hydrogen (secondary N) is 4. The Bertz CT molecular complexity index is 3620. The summed E-state index contributed by atoms with van der Waals surface area (Å²) in [5.41, 5.74) is -2.88. The molecule has 5 aliphatic rings. The molecule has 4 N–H and O–H groups in total. The quantitative estimate of drug-likeness (QED) is 0.0745. The molecule has 0 unspecified atom stereocenters. The maximum absolute atomic E-state index is 15.5. The van der Waals surface area contributed by atoms with Crippen LogP contribution < -0.4 is 21.3 Å². The molecule has 3 heterocycles. The first kappa shape index (κ1) is 86.2. The largest absolute Gasteiger partial charge is 0.422 e. The monoisotopic (exact) mass is 1520 g/mol. The van der Waals surface area contributed by atoms with Crippen LogP contribution >= 0.6 is 0 Å². The molecule has 2 saturated heterocycles. The maximum atomic E-state index is 15.5. The first-order valence-electron chi connectivity index (χ1n) is 37.7. The highest BCUT2D eigenvalue weighted by Gasteiger charge is 2.53. The van der Waals surface area contributed by atoms with Gasteiger partial charge in [-0.1, -0.05) is 94.7 Å². The second kappa shape index (κ2) is 38.8. The van der Waals surface area contributed by atoms with Crippen molar-refractivity contribution in [1.82, 2.24) is 60.5 Å². The number of allylic oxidation sites excluding steroid dienone is 1. The van der Waals surface area contributed by atoms with Crippen LogP contribution in [-0.2, 0) is 81.3 Å². The van der Waals surface area contributed by atoms with Gasteiger partial charge in [-0.2, -0.15) is 13.2 Å². The summed E-state index contributed by atoms with van der Waals surface area (Å²) < 4.78 is 78.0. The molecule has 2 aromatic rings. The third kappa shape index (κ3) is 21.2. The fraction of sp³-hybridized carbons (Fsp3) is 0.615. The number of halogens is 5. The average Bonchev–Trinajstić information content (AvgIpc) is 1.24. The van der Waals surface area contributed by atoms with Crippen molar-refractivity contribution in [2.45, 2.75) is 216 Å². The summed E-state index contributed by atoms with van der Waals surface area (Å²) >= 11 is 0. The number of hydrogen-bond donors (Lipinski definition) is 4. The zero-order valence-electron chi connectivity index (χ0n) is 64.0. The molecule has 2 aliphatic carbocycles. The van der Waals surface area contributed by atoms with E-state index in [0.717, 1.165) is 20.3 Å². The van der Waals surface area contributed by atoms with E-state index in [1.165, 1.54) is 66.8 Å². The van der Waals surface area contributed by atoms with Crippen LogP contribution in [0.4, 0.5) is 22.0 Å². The highest BCUT2D eigenvalue weighted by Crippen LogP contribution is 2.39. The third-order valence-corrected chi connectivity index (χ3v) is 22.0. The number of carbonyl (C=O) groups is 12. The topological polar surface area (TPSA) is 288 Å². The normalized spacial score (nSPS) is 25.7. The van der Waals surface area contributed by atoms with Gasteiger partial charge in [0.25, 0.3) is 0 Å². The van der Waals surface area contributed by atoms with E-state index in [9.17, 15) is 41.9 Å². The van der Waals surface area contributed by atoms with E-state index in [0.29, 0.717) is 75.5 Å². The van der Waals surface area contributed by atoms with Crippen LogP contribution in [0.15, 0.2) is 67.8 Å². The van der Waals surface area contributed by atoms with Gasteiger partial charge in [-0.3, -0.25) is 57.5 Å². The Morgan fingerprint density at radius 2 is 1.38 bits per heavy atom. The van der Waals surface area contributed by atoms with E-state index < -0.39 is 198 Å². The minimum absolute atomic E-state index is 0.0473. The summed E-state index contributed by atoms with van der Waals surface area (Å²) in [4.78, 5) is 190. The van der Waals surface area contributed by atoms with E-state index in [-0.39, 0.29) is 76.8 Å². The standard InChI is InChI=1S/C78H109F5N12O13/c1-13-18-19-21-29-58-68(99)86-66(48(6)14-2)75(106)90(9)47-64(98)92(11)59-30-22-20-25-39-94(74(59)105)61(42-50-33-31-49(15-3)32-34-50)73(104)89(8)46-62(96)84-56(36-35-51-40-54(79)65(55(80)41-51)78(81,82)83)72(103)95-45-53(108-17-5)43-60(95)69(100)87-77(37-26-38-77)76(107)93(12)67(52-27-23-24-28-52)70(101)85-57(44-63(97)91(58)10)71(102)88(7)16-4/h13,15,20,22,31-34,40-41,48,52-53,56-61,66-67H,1,3,14,16-19,21,23-30,35-39,42-47H2,2,4-12H3,(H,84,96)(H,85,101)(H,86,99)(H,87,100)/b22-20-/t48-,53+,56-,57-,58-,59-,60-,61-,66-,67-/m0/s1. The minimum Gasteiger partial charge on any atom is -0.377 e. The van der Waals surface area contributed by atoms with E-state index in [1.54, 1.807) is 76.3 Å². The molecule has 1 spiro atoms. The number of amides is 12. The summed E-state index contributed by atoms with van der Waals surface area (Å²) in [5, 5.41) is 11.3. The highest BCUT2D eigenvalue weighted by atomic mass is 19.4. The number of rotatable bonds is 18. The van der Waals surface area contributed by atoms with Crippen molar-refractivity contribution >= 4 is 77.0 Å². The number of ether oxygens (including phenoxy) is 1. The molecule has 108 heavy (non-hydrogen) atoms. The molecule has 2 saturated carbocycles. The molecule has 2 aromatic carbocycles. The second-order valence-corrected chi connectivity index (χ2v) is 29.4. The Kier molecular flexibility index (Phi) is 31.0. The van der Waals surface area contributed by atoms with Gasteiger partial charge in [-0.05, 0) is 132 Å². The summed E-state index contributed by atoms with van der Waals surface area (Å²) in [7, 11) is 8.30. The maximum Gasteiger partial charge on any atom is 0.422 e. The molecule has 12 amide bonds. The van der Waals surface area contributed by atoms with Crippen LogP contribution in [0, 0.1) is 23.5 Å². The van der Waals surface area contributed by atoms with Crippen LogP contribution in [0.2, 0.25) is 0 Å². The molecule has 10 atom stereocenters. The molecule has 30 heteroatoms. The van der Waals surface area contributed by atoms with Crippen molar-refractivity contribution in [3.05, 3.63) is 102 Å². The molecule has 594 valence electrons. The first-order valence-corrected chi connectivity index (χ1v) is 37.7. The van der Waals surface area contributed by atoms with E-state index in [2.05, 4.69) is 34.4 Å². The summed E-state index contributed by atoms with van der Waals surface area (Å²) in [6.45, 7) is 13.0. The Labute approximate surface area is 630 Å². The molecule has 3 aliphatic heterocycles. The minimum atomic E-state index is -5.42. The van der Waals surface area contributed by atoms with Gasteiger partial charge in [0.2, 0.25) is 70.9 Å². The van der Waals surface area contributed by atoms with Crippen molar-refractivity contribution in [2.24, 2.45) is 11.8 Å². The lowest BCUT2D eigenvalue weighted by Crippen LogP contribution is -2.68. The highest BCUT2D eigenvalue weighted by molar-refractivity contribution is 6.01. The first-order chi connectivity index (χ1) is 51.1. The Balaban J connectivity index is 1.34. The molecule has 0 radical (unpaired) electrons. The Morgan fingerprint density at radius 3 is 1.97 bits per heavy atom. The summed E-state index contributed by atoms with van der Waals surface area (Å²) in [6, 6.07) is -3.37. The number of unbranched alkanes of at least 4 members (excludes halogenated alkanes) is 2. The number of carbonyl (C=O) groups excluding carboxylic acids is 12. The van der Waals surface area contributed by atoms with E-state index in [4.69, 9.17) is 4.74 Å². The van der Waals surface area contributed by atoms with E-state index >= 15 is 37.5 Å². The summed E-state index contributed by atoms with van der Waals surface area (Å²) in [6.07, 6.45) is 3.55. The fourth-order valence-electron chi connectivity index (χ4n) is 15.1. The molecular weight excluding hydrogens is 1410 g/mol. The van der Waals surface area contributed by atoms with Gasteiger partial charge in [-0.25, -0.2) is 8.78 Å². The molecular formula is C78H109F5N12O13. The van der Waals surface area contributed by atoms with Gasteiger partial charge in [0.05, 0.1) is 25.6 Å². The zero-order valence-corrected chi connectivity index (χ0v) is 64.0. The van der Waals surface area contributed by atoms with Crippen LogP contribution in [-0.4, -0.2) is 252 Å². The van der Waals surface area contributed by atoms with Crippen LogP contribution in [0.25, 0.3) is 6.08 Å². The van der Waals surface area contributed by atoms with Crippen molar-refractivity contribution < 1.29 is 84.2 Å². The molecule has 2 bridgehead atoms. The Morgan fingerprint density at radius 1 is 0.722 bits per heavy atom. The van der Waals surface area contributed by atoms with Gasteiger partial charge in [0, 0.05) is 81.4 Å². The zero-order chi connectivity index (χ0) is 79.6. The number of hydrogen-bond acceptors (Lipinski definition) is 13. The van der Waals surface area contributed by atoms with Crippen molar-refractivity contribution in [3.63, 3.8) is 0 Å². The van der Waals surface area contributed by atoms with Crippen LogP contribution in [0.5, 0.6) is 0 Å². The van der Waals surface area contributed by atoms with Crippen LogP contribution in [0.3, 0.4) is 0 Å². The predicted molar refractivity (Wildman–Crippen MR) is 393 cm³/mol. The van der Waals surface area contributed by atoms with Crippen molar-refractivity contribution in [3.8, 4) is 0 Å². The summed E-state index contributed by atoms with van der Waals surface area (Å²) in [5.74, 6) is -14.2.